The molecular weight excluding hydrogens is 480 g/mol. The highest BCUT2D eigenvalue weighted by atomic mass is 16.7. The standard InChI is InChI=1S/C23H32N2O11/c1-3-32-13-5-15-34-21(29)11-7-17(23(31)35-16-6-14-33-4-2)24-18(26)8-12-22(30)36-25-19(27)9-10-20(25)28/h3-4,17H,1-2,5-16H2,(H,24,26). The van der Waals surface area contributed by atoms with Crippen LogP contribution in [0.15, 0.2) is 25.7 Å². The second kappa shape index (κ2) is 17.5. The van der Waals surface area contributed by atoms with Gasteiger partial charge in [0.15, 0.2) is 0 Å². The summed E-state index contributed by atoms with van der Waals surface area (Å²) in [5.41, 5.74) is 0. The summed E-state index contributed by atoms with van der Waals surface area (Å²) in [5.74, 6) is -4.29. The topological polar surface area (TPSA) is 164 Å². The first kappa shape index (κ1) is 30.1. The van der Waals surface area contributed by atoms with Gasteiger partial charge >= 0.3 is 17.9 Å². The second-order valence-electron chi connectivity index (χ2n) is 7.37. The van der Waals surface area contributed by atoms with Crippen LogP contribution in [0.4, 0.5) is 0 Å². The maximum atomic E-state index is 12.4. The molecule has 0 spiro atoms. The Bertz CT molecular complexity index is 796. The molecule has 3 amide bonds. The first-order valence-corrected chi connectivity index (χ1v) is 11.4. The molecule has 0 bridgehead atoms. The van der Waals surface area contributed by atoms with Crippen molar-refractivity contribution in [2.75, 3.05) is 26.4 Å². The van der Waals surface area contributed by atoms with Crippen LogP contribution in [0.2, 0.25) is 0 Å². The number of imide groups is 1. The van der Waals surface area contributed by atoms with E-state index in [1.165, 1.54) is 12.5 Å². The predicted molar refractivity (Wildman–Crippen MR) is 121 cm³/mol. The van der Waals surface area contributed by atoms with E-state index < -0.39 is 48.1 Å². The van der Waals surface area contributed by atoms with E-state index in [4.69, 9.17) is 23.8 Å². The van der Waals surface area contributed by atoms with E-state index in [1.807, 2.05) is 0 Å². The zero-order valence-corrected chi connectivity index (χ0v) is 20.1. The van der Waals surface area contributed by atoms with Gasteiger partial charge in [-0.1, -0.05) is 13.2 Å². The van der Waals surface area contributed by atoms with Crippen LogP contribution >= 0.6 is 0 Å². The zero-order chi connectivity index (χ0) is 26.8. The Kier molecular flexibility index (Phi) is 14.7. The van der Waals surface area contributed by atoms with Crippen molar-refractivity contribution < 1.29 is 52.6 Å². The fourth-order valence-corrected chi connectivity index (χ4v) is 2.78. The molecular formula is C23H32N2O11. The minimum absolute atomic E-state index is 0.0109. The molecule has 1 unspecified atom stereocenters. The van der Waals surface area contributed by atoms with Crippen LogP contribution in [0.1, 0.15) is 51.4 Å². The number of nitrogens with one attached hydrogen (secondary N) is 1. The number of hydrogen-bond donors (Lipinski definition) is 1. The lowest BCUT2D eigenvalue weighted by atomic mass is 10.1. The molecule has 1 heterocycles. The third kappa shape index (κ3) is 12.5. The largest absolute Gasteiger partial charge is 0.502 e. The highest BCUT2D eigenvalue weighted by Gasteiger charge is 2.33. The SMILES string of the molecule is C=COCCCOC(=O)CCC(NC(=O)CCC(=O)ON1C(=O)CCC1=O)C(=O)OCCCOC=C. The summed E-state index contributed by atoms with van der Waals surface area (Å²) in [7, 11) is 0. The number of esters is 2. The molecule has 1 rings (SSSR count). The molecule has 1 N–H and O–H groups in total. The third-order valence-corrected chi connectivity index (χ3v) is 4.57. The molecule has 0 radical (unpaired) electrons. The molecule has 0 aromatic heterocycles. The smallest absolute Gasteiger partial charge is 0.333 e. The number of carbonyl (C=O) groups excluding carboxylic acids is 6. The molecule has 13 nitrogen and oxygen atoms in total. The van der Waals surface area contributed by atoms with E-state index in [2.05, 4.69) is 18.5 Å². The normalized spacial score (nSPS) is 13.4. The Morgan fingerprint density at radius 1 is 0.833 bits per heavy atom. The number of ether oxygens (including phenoxy) is 4. The van der Waals surface area contributed by atoms with Gasteiger partial charge in [-0.25, -0.2) is 9.59 Å². The number of hydrogen-bond acceptors (Lipinski definition) is 11. The van der Waals surface area contributed by atoms with Gasteiger partial charge in [-0.05, 0) is 6.42 Å². The molecule has 1 aliphatic heterocycles. The first-order valence-electron chi connectivity index (χ1n) is 11.4. The molecule has 0 aromatic carbocycles. The van der Waals surface area contributed by atoms with Crippen molar-refractivity contribution in [1.29, 1.82) is 0 Å². The van der Waals surface area contributed by atoms with Crippen LogP contribution in [-0.4, -0.2) is 73.2 Å². The van der Waals surface area contributed by atoms with E-state index in [0.29, 0.717) is 24.5 Å². The molecule has 1 fully saturated rings. The fourth-order valence-electron chi connectivity index (χ4n) is 2.78. The van der Waals surface area contributed by atoms with Crippen molar-refractivity contribution in [3.63, 3.8) is 0 Å². The maximum absolute atomic E-state index is 12.4. The van der Waals surface area contributed by atoms with E-state index in [1.54, 1.807) is 0 Å². The van der Waals surface area contributed by atoms with Crippen molar-refractivity contribution >= 4 is 35.6 Å². The Morgan fingerprint density at radius 2 is 1.42 bits per heavy atom. The van der Waals surface area contributed by atoms with E-state index in [9.17, 15) is 28.8 Å². The van der Waals surface area contributed by atoms with Gasteiger partial charge in [0.1, 0.15) is 6.04 Å². The average Bonchev–Trinajstić information content (AvgIpc) is 3.16. The average molecular weight is 513 g/mol. The lowest BCUT2D eigenvalue weighted by Crippen LogP contribution is -2.42. The van der Waals surface area contributed by atoms with Crippen molar-refractivity contribution in [2.24, 2.45) is 0 Å². The van der Waals surface area contributed by atoms with Crippen LogP contribution in [0.25, 0.3) is 0 Å². The van der Waals surface area contributed by atoms with Gasteiger partial charge < -0.3 is 29.1 Å². The molecule has 0 saturated carbocycles. The molecule has 1 saturated heterocycles. The van der Waals surface area contributed by atoms with Crippen molar-refractivity contribution in [1.82, 2.24) is 10.4 Å². The summed E-state index contributed by atoms with van der Waals surface area (Å²) >= 11 is 0. The van der Waals surface area contributed by atoms with Gasteiger partial charge in [-0.15, -0.1) is 5.06 Å². The van der Waals surface area contributed by atoms with Crippen LogP contribution in [0.5, 0.6) is 0 Å². The van der Waals surface area contributed by atoms with Crippen LogP contribution < -0.4 is 5.32 Å². The Morgan fingerprint density at radius 3 is 2.00 bits per heavy atom. The lowest BCUT2D eigenvalue weighted by Gasteiger charge is -2.18. The molecule has 0 aliphatic carbocycles. The molecule has 1 aliphatic rings. The molecule has 200 valence electrons. The van der Waals surface area contributed by atoms with E-state index >= 15 is 0 Å². The maximum Gasteiger partial charge on any atom is 0.333 e. The second-order valence-corrected chi connectivity index (χ2v) is 7.37. The summed E-state index contributed by atoms with van der Waals surface area (Å²) in [6, 6.07) is -1.17. The fraction of sp³-hybridized carbons (Fsp3) is 0.565. The van der Waals surface area contributed by atoms with Gasteiger partial charge in [0.05, 0.1) is 45.4 Å². The monoisotopic (exact) mass is 512 g/mol. The van der Waals surface area contributed by atoms with E-state index in [0.717, 1.165) is 0 Å². The summed E-state index contributed by atoms with van der Waals surface area (Å²) < 4.78 is 20.0. The quantitative estimate of drug-likeness (QED) is 0.113. The van der Waals surface area contributed by atoms with Crippen LogP contribution in [-0.2, 0) is 52.6 Å². The van der Waals surface area contributed by atoms with Crippen LogP contribution in [0.3, 0.4) is 0 Å². The molecule has 36 heavy (non-hydrogen) atoms. The predicted octanol–water partition coefficient (Wildman–Crippen LogP) is 0.826. The summed E-state index contributed by atoms with van der Waals surface area (Å²) in [6.45, 7) is 7.53. The summed E-state index contributed by atoms with van der Waals surface area (Å²) in [6.07, 6.45) is 2.14. The van der Waals surface area contributed by atoms with Crippen LogP contribution in [0, 0.1) is 0 Å². The molecule has 1 atom stereocenters. The lowest BCUT2D eigenvalue weighted by molar-refractivity contribution is -0.197. The minimum Gasteiger partial charge on any atom is -0.502 e. The number of rotatable bonds is 19. The van der Waals surface area contributed by atoms with Gasteiger partial charge in [-0.3, -0.25) is 19.2 Å². The van der Waals surface area contributed by atoms with Crippen molar-refractivity contribution in [3.8, 4) is 0 Å². The highest BCUT2D eigenvalue weighted by molar-refractivity contribution is 6.01. The number of amides is 3. The van der Waals surface area contributed by atoms with Gasteiger partial charge in [0.2, 0.25) is 5.91 Å². The number of nitrogens with zero attached hydrogens (tertiary/aromatic N) is 1. The van der Waals surface area contributed by atoms with E-state index in [-0.39, 0.29) is 51.9 Å². The Hall–Kier alpha value is -3.90. The first-order chi connectivity index (χ1) is 17.3. The third-order valence-electron chi connectivity index (χ3n) is 4.57. The summed E-state index contributed by atoms with van der Waals surface area (Å²) in [5, 5.41) is 2.80. The highest BCUT2D eigenvalue weighted by Crippen LogP contribution is 2.13. The number of carbonyl (C=O) groups is 6. The Balaban J connectivity index is 2.53. The van der Waals surface area contributed by atoms with Gasteiger partial charge in [0, 0.05) is 38.5 Å². The minimum atomic E-state index is -1.17. The molecule has 13 heteroatoms. The zero-order valence-electron chi connectivity index (χ0n) is 20.1. The Labute approximate surface area is 208 Å². The van der Waals surface area contributed by atoms with Gasteiger partial charge in [0.25, 0.3) is 11.8 Å². The summed E-state index contributed by atoms with van der Waals surface area (Å²) in [4.78, 5) is 76.3. The molecule has 0 aromatic rings. The van der Waals surface area contributed by atoms with Gasteiger partial charge in [-0.2, -0.15) is 0 Å². The van der Waals surface area contributed by atoms with Crippen molar-refractivity contribution in [2.45, 2.75) is 57.4 Å². The number of hydroxylamine groups is 2. The van der Waals surface area contributed by atoms with Crippen molar-refractivity contribution in [3.05, 3.63) is 25.7 Å².